The van der Waals surface area contributed by atoms with E-state index in [1.165, 1.54) is 4.31 Å². The van der Waals surface area contributed by atoms with Crippen molar-refractivity contribution in [3.05, 3.63) is 35.8 Å². The summed E-state index contributed by atoms with van der Waals surface area (Å²) in [7, 11) is -3.46. The Hall–Kier alpha value is -1.72. The summed E-state index contributed by atoms with van der Waals surface area (Å²) in [5.41, 5.74) is 0. The summed E-state index contributed by atoms with van der Waals surface area (Å²) in [4.78, 5) is 9.46. The van der Waals surface area contributed by atoms with Crippen molar-refractivity contribution in [2.75, 3.05) is 70.5 Å². The molecular weight excluding hydrogens is 424 g/mol. The van der Waals surface area contributed by atoms with E-state index in [1.807, 2.05) is 11.6 Å². The molecule has 0 N–H and O–H groups in total. The van der Waals surface area contributed by atoms with E-state index in [9.17, 15) is 8.42 Å². The van der Waals surface area contributed by atoms with Crippen molar-refractivity contribution in [3.63, 3.8) is 0 Å². The average molecular weight is 453 g/mol. The van der Waals surface area contributed by atoms with Gasteiger partial charge >= 0.3 is 0 Å². The fourth-order valence-corrected chi connectivity index (χ4v) is 5.80. The molecule has 0 saturated carbocycles. The molecule has 3 heterocycles. The molecule has 4 rings (SSSR count). The van der Waals surface area contributed by atoms with E-state index in [-0.39, 0.29) is 0 Å². The Balaban J connectivity index is 1.24. The van der Waals surface area contributed by atoms with Gasteiger partial charge < -0.3 is 14.4 Å². The summed E-state index contributed by atoms with van der Waals surface area (Å²) >= 11 is 1.69. The van der Waals surface area contributed by atoms with Crippen molar-refractivity contribution in [1.29, 1.82) is 0 Å². The molecule has 10 heteroatoms. The van der Waals surface area contributed by atoms with Gasteiger partial charge in [0, 0.05) is 57.4 Å². The molecule has 0 radical (unpaired) electrons. The minimum atomic E-state index is -3.46. The van der Waals surface area contributed by atoms with Gasteiger partial charge in [0.15, 0.2) is 5.13 Å². The number of hydrogen-bond acceptors (Lipinski definition) is 8. The molecule has 1 aromatic carbocycles. The number of nitrogens with zero attached hydrogens (tertiary/aromatic N) is 4. The van der Waals surface area contributed by atoms with Crippen LogP contribution in [0.5, 0.6) is 5.75 Å². The molecule has 0 atom stereocenters. The predicted octanol–water partition coefficient (Wildman–Crippen LogP) is 1.76. The van der Waals surface area contributed by atoms with E-state index in [0.717, 1.165) is 44.3 Å². The van der Waals surface area contributed by atoms with E-state index in [1.54, 1.807) is 35.6 Å². The van der Waals surface area contributed by atoms with Gasteiger partial charge in [0.25, 0.3) is 0 Å². The van der Waals surface area contributed by atoms with E-state index in [2.05, 4.69) is 14.8 Å². The maximum atomic E-state index is 12.7. The lowest BCUT2D eigenvalue weighted by Gasteiger charge is -2.26. The first-order valence-electron chi connectivity index (χ1n) is 10.3. The van der Waals surface area contributed by atoms with Gasteiger partial charge in [0.05, 0.1) is 18.1 Å². The molecule has 1 aromatic heterocycles. The lowest BCUT2D eigenvalue weighted by atomic mass is 10.3. The number of thiazole rings is 1. The number of aromatic nitrogens is 1. The van der Waals surface area contributed by atoms with Crippen LogP contribution < -0.4 is 9.64 Å². The lowest BCUT2D eigenvalue weighted by Crippen LogP contribution is -2.40. The van der Waals surface area contributed by atoms with Crippen molar-refractivity contribution >= 4 is 26.5 Å². The largest absolute Gasteiger partial charge is 0.492 e. The fourth-order valence-electron chi connectivity index (χ4n) is 3.69. The third-order valence-electron chi connectivity index (χ3n) is 5.39. The summed E-state index contributed by atoms with van der Waals surface area (Å²) in [6, 6.07) is 6.72. The molecule has 2 saturated heterocycles. The number of rotatable bonds is 7. The zero-order chi connectivity index (χ0) is 20.8. The standard InChI is InChI=1S/C20H28N4O4S2/c25-30(26,24-12-14-27-15-13-24)19-4-2-18(3-5-19)28-16-11-22-7-1-8-23(10-9-22)20-21-6-17-29-20/h2-6,17H,1,7-16H2. The van der Waals surface area contributed by atoms with Crippen molar-refractivity contribution in [2.24, 2.45) is 0 Å². The zero-order valence-corrected chi connectivity index (χ0v) is 18.6. The molecule has 30 heavy (non-hydrogen) atoms. The van der Waals surface area contributed by atoms with Crippen molar-refractivity contribution in [3.8, 4) is 5.75 Å². The third-order valence-corrected chi connectivity index (χ3v) is 8.13. The van der Waals surface area contributed by atoms with Gasteiger partial charge in [-0.3, -0.25) is 4.90 Å². The zero-order valence-electron chi connectivity index (χ0n) is 17.0. The van der Waals surface area contributed by atoms with Gasteiger partial charge in [-0.05, 0) is 30.7 Å². The van der Waals surface area contributed by atoms with E-state index in [4.69, 9.17) is 9.47 Å². The van der Waals surface area contributed by atoms with Crippen LogP contribution in [0.4, 0.5) is 5.13 Å². The van der Waals surface area contributed by atoms with Crippen LogP contribution in [0.25, 0.3) is 0 Å². The first-order chi connectivity index (χ1) is 14.6. The molecule has 2 aromatic rings. The van der Waals surface area contributed by atoms with Crippen LogP contribution in [0.3, 0.4) is 0 Å². The lowest BCUT2D eigenvalue weighted by molar-refractivity contribution is 0.0730. The minimum absolute atomic E-state index is 0.298. The number of ether oxygens (including phenoxy) is 2. The highest BCUT2D eigenvalue weighted by Crippen LogP contribution is 2.21. The average Bonchev–Trinajstić information content (AvgIpc) is 3.21. The molecule has 0 spiro atoms. The monoisotopic (exact) mass is 452 g/mol. The summed E-state index contributed by atoms with van der Waals surface area (Å²) in [5.74, 6) is 0.690. The second kappa shape index (κ2) is 10.1. The number of sulfonamides is 1. The maximum absolute atomic E-state index is 12.7. The molecule has 0 bridgehead atoms. The highest BCUT2D eigenvalue weighted by atomic mass is 32.2. The Morgan fingerprint density at radius 3 is 2.57 bits per heavy atom. The van der Waals surface area contributed by atoms with E-state index in [0.29, 0.717) is 43.6 Å². The first-order valence-corrected chi connectivity index (χ1v) is 12.6. The fraction of sp³-hybridized carbons (Fsp3) is 0.550. The number of hydrogen-bond donors (Lipinski definition) is 0. The molecule has 2 fully saturated rings. The minimum Gasteiger partial charge on any atom is -0.492 e. The van der Waals surface area contributed by atoms with Crippen LogP contribution in [-0.4, -0.2) is 88.2 Å². The second-order valence-corrected chi connectivity index (χ2v) is 10.1. The van der Waals surface area contributed by atoms with Gasteiger partial charge in [-0.15, -0.1) is 11.3 Å². The summed E-state index contributed by atoms with van der Waals surface area (Å²) in [6.07, 6.45) is 2.96. The van der Waals surface area contributed by atoms with Crippen LogP contribution in [0.1, 0.15) is 6.42 Å². The molecule has 2 aliphatic rings. The SMILES string of the molecule is O=S(=O)(c1ccc(OCCN2CCCN(c3nccs3)CC2)cc1)N1CCOCC1. The second-order valence-electron chi connectivity index (χ2n) is 7.33. The topological polar surface area (TPSA) is 75.2 Å². The molecule has 0 amide bonds. The summed E-state index contributed by atoms with van der Waals surface area (Å²) < 4.78 is 37.9. The number of morpholine rings is 1. The third kappa shape index (κ3) is 5.30. The maximum Gasteiger partial charge on any atom is 0.243 e. The van der Waals surface area contributed by atoms with Crippen LogP contribution in [0.2, 0.25) is 0 Å². The number of anilines is 1. The van der Waals surface area contributed by atoms with Gasteiger partial charge in [-0.2, -0.15) is 4.31 Å². The van der Waals surface area contributed by atoms with Crippen LogP contribution in [-0.2, 0) is 14.8 Å². The Bertz CT molecular complexity index is 884. The van der Waals surface area contributed by atoms with Crippen LogP contribution >= 0.6 is 11.3 Å². The molecule has 164 valence electrons. The van der Waals surface area contributed by atoms with Gasteiger partial charge in [0.2, 0.25) is 10.0 Å². The molecule has 0 aliphatic carbocycles. The van der Waals surface area contributed by atoms with Crippen molar-refractivity contribution < 1.29 is 17.9 Å². The quantitative estimate of drug-likeness (QED) is 0.634. The van der Waals surface area contributed by atoms with Gasteiger partial charge in [-0.25, -0.2) is 13.4 Å². The normalized spacial score (nSPS) is 19.5. The Morgan fingerprint density at radius 1 is 1.03 bits per heavy atom. The smallest absolute Gasteiger partial charge is 0.243 e. The molecular formula is C20H28N4O4S2. The Labute approximate surface area is 182 Å². The highest BCUT2D eigenvalue weighted by molar-refractivity contribution is 7.89. The molecule has 2 aliphatic heterocycles. The van der Waals surface area contributed by atoms with E-state index < -0.39 is 10.0 Å². The first kappa shape index (κ1) is 21.5. The highest BCUT2D eigenvalue weighted by Gasteiger charge is 2.26. The van der Waals surface area contributed by atoms with Gasteiger partial charge in [0.1, 0.15) is 12.4 Å². The molecule has 8 nitrogen and oxygen atoms in total. The summed E-state index contributed by atoms with van der Waals surface area (Å²) in [6.45, 7) is 7.14. The predicted molar refractivity (Wildman–Crippen MR) is 117 cm³/mol. The van der Waals surface area contributed by atoms with E-state index >= 15 is 0 Å². The Morgan fingerprint density at radius 2 is 1.83 bits per heavy atom. The van der Waals surface area contributed by atoms with Crippen LogP contribution in [0.15, 0.2) is 40.7 Å². The van der Waals surface area contributed by atoms with Crippen molar-refractivity contribution in [2.45, 2.75) is 11.3 Å². The van der Waals surface area contributed by atoms with Gasteiger partial charge in [-0.1, -0.05) is 0 Å². The van der Waals surface area contributed by atoms with Crippen LogP contribution in [0, 0.1) is 0 Å². The molecule has 0 unspecified atom stereocenters. The summed E-state index contributed by atoms with van der Waals surface area (Å²) in [5, 5.41) is 3.11. The van der Waals surface area contributed by atoms with Crippen molar-refractivity contribution in [1.82, 2.24) is 14.2 Å². The number of benzene rings is 1. The Kier molecular flexibility index (Phi) is 7.21.